The first-order valence-electron chi connectivity index (χ1n) is 11.1. The summed E-state index contributed by atoms with van der Waals surface area (Å²) in [4.78, 5) is 18.9. The second-order valence-electron chi connectivity index (χ2n) is 8.23. The van der Waals surface area contributed by atoms with Gasteiger partial charge in [0.2, 0.25) is 0 Å². The third-order valence-electron chi connectivity index (χ3n) is 5.02. The van der Waals surface area contributed by atoms with Crippen LogP contribution in [0.15, 0.2) is 72.7 Å². The lowest BCUT2D eigenvalue weighted by atomic mass is 10.2. The van der Waals surface area contributed by atoms with Crippen molar-refractivity contribution < 1.29 is 9.53 Å². The molecule has 2 N–H and O–H groups in total. The van der Waals surface area contributed by atoms with Gasteiger partial charge in [-0.3, -0.25) is 0 Å². The van der Waals surface area contributed by atoms with E-state index in [1.807, 2.05) is 87.8 Å². The molecule has 0 unspecified atom stereocenters. The normalized spacial score (nSPS) is 10.4. The molecular formula is C26H33N5O2. The number of para-hydroxylation sites is 1. The zero-order valence-electron chi connectivity index (χ0n) is 19.8. The number of urea groups is 1. The molecule has 2 aromatic carbocycles. The number of amides is 2. The van der Waals surface area contributed by atoms with E-state index in [0.29, 0.717) is 24.6 Å². The maximum atomic E-state index is 12.4. The number of imidazole rings is 1. The molecule has 3 rings (SSSR count). The average molecular weight is 448 g/mol. The number of allylic oxidation sites excluding steroid dienone is 1. The van der Waals surface area contributed by atoms with Gasteiger partial charge in [0.15, 0.2) is 0 Å². The maximum absolute atomic E-state index is 12.4. The molecule has 0 bridgehead atoms. The van der Waals surface area contributed by atoms with Gasteiger partial charge in [-0.2, -0.15) is 0 Å². The van der Waals surface area contributed by atoms with E-state index in [-0.39, 0.29) is 6.03 Å². The van der Waals surface area contributed by atoms with E-state index in [9.17, 15) is 4.79 Å². The summed E-state index contributed by atoms with van der Waals surface area (Å²) in [5, 5.41) is 5.80. The number of carbonyl (C=O) groups excluding carboxylic acids is 1. The van der Waals surface area contributed by atoms with Crippen molar-refractivity contribution in [3.63, 3.8) is 0 Å². The lowest BCUT2D eigenvalue weighted by Crippen LogP contribution is -2.30. The topological polar surface area (TPSA) is 71.4 Å². The Balaban J connectivity index is 1.59. The number of ether oxygens (including phenoxy) is 1. The van der Waals surface area contributed by atoms with Gasteiger partial charge in [0.1, 0.15) is 11.4 Å². The molecule has 33 heavy (non-hydrogen) atoms. The van der Waals surface area contributed by atoms with Crippen LogP contribution in [-0.2, 0) is 6.54 Å². The Morgan fingerprint density at radius 2 is 1.91 bits per heavy atom. The van der Waals surface area contributed by atoms with Crippen LogP contribution >= 0.6 is 0 Å². The number of nitrogens with one attached hydrogen (secondary N) is 2. The van der Waals surface area contributed by atoms with Gasteiger partial charge >= 0.3 is 6.03 Å². The Labute approximate surface area is 196 Å². The summed E-state index contributed by atoms with van der Waals surface area (Å²) in [6.45, 7) is 5.78. The van der Waals surface area contributed by atoms with Crippen molar-refractivity contribution in [3.05, 3.63) is 72.7 Å². The predicted molar refractivity (Wildman–Crippen MR) is 135 cm³/mol. The first kappa shape index (κ1) is 23.9. The molecule has 0 aliphatic rings. The lowest BCUT2D eigenvalue weighted by molar-refractivity contribution is 0.252. The average Bonchev–Trinajstić information content (AvgIpc) is 3.26. The largest absolute Gasteiger partial charge is 0.491 e. The second-order valence-corrected chi connectivity index (χ2v) is 8.23. The summed E-state index contributed by atoms with van der Waals surface area (Å²) >= 11 is 0. The minimum Gasteiger partial charge on any atom is -0.491 e. The van der Waals surface area contributed by atoms with Gasteiger partial charge in [0, 0.05) is 38.9 Å². The Hall–Kier alpha value is -3.74. The molecule has 1 heterocycles. The summed E-state index contributed by atoms with van der Waals surface area (Å²) in [6.07, 6.45) is 6.67. The van der Waals surface area contributed by atoms with E-state index < -0.39 is 0 Å². The predicted octanol–water partition coefficient (Wildman–Crippen LogP) is 5.17. The molecule has 0 aliphatic heterocycles. The van der Waals surface area contributed by atoms with Crippen molar-refractivity contribution in [2.45, 2.75) is 26.8 Å². The first-order chi connectivity index (χ1) is 15.9. The summed E-state index contributed by atoms with van der Waals surface area (Å²) in [7, 11) is 3.88. The molecule has 1 aromatic heterocycles. The van der Waals surface area contributed by atoms with Gasteiger partial charge < -0.3 is 24.8 Å². The van der Waals surface area contributed by atoms with Crippen LogP contribution < -0.4 is 20.3 Å². The van der Waals surface area contributed by atoms with E-state index in [2.05, 4.69) is 32.3 Å². The van der Waals surface area contributed by atoms with Crippen LogP contribution in [0.25, 0.3) is 11.3 Å². The van der Waals surface area contributed by atoms with Crippen molar-refractivity contribution in [3.8, 4) is 17.0 Å². The van der Waals surface area contributed by atoms with E-state index in [1.54, 1.807) is 0 Å². The third kappa shape index (κ3) is 7.14. The number of nitrogens with zero attached hydrogens (tertiary/aromatic N) is 3. The monoisotopic (exact) mass is 447 g/mol. The van der Waals surface area contributed by atoms with Gasteiger partial charge in [-0.05, 0) is 32.4 Å². The van der Waals surface area contributed by atoms with Crippen molar-refractivity contribution >= 4 is 17.4 Å². The van der Waals surface area contributed by atoms with Gasteiger partial charge in [-0.15, -0.1) is 0 Å². The number of hydrogen-bond donors (Lipinski definition) is 2. The minimum atomic E-state index is -0.265. The van der Waals surface area contributed by atoms with Gasteiger partial charge in [0.25, 0.3) is 0 Å². The van der Waals surface area contributed by atoms with Crippen LogP contribution in [0.2, 0.25) is 0 Å². The summed E-state index contributed by atoms with van der Waals surface area (Å²) in [5.74, 6) is 0.647. The third-order valence-corrected chi connectivity index (χ3v) is 5.02. The smallest absolute Gasteiger partial charge is 0.319 e. The molecule has 7 nitrogen and oxygen atoms in total. The number of carbonyl (C=O) groups is 1. The van der Waals surface area contributed by atoms with Crippen LogP contribution in [0.3, 0.4) is 0 Å². The quantitative estimate of drug-likeness (QED) is 0.332. The fourth-order valence-electron chi connectivity index (χ4n) is 3.31. The Kier molecular flexibility index (Phi) is 8.52. The highest BCUT2D eigenvalue weighted by Gasteiger charge is 2.14. The van der Waals surface area contributed by atoms with Crippen molar-refractivity contribution in [2.75, 3.05) is 37.5 Å². The first-order valence-corrected chi connectivity index (χ1v) is 11.1. The fraction of sp³-hybridized carbons (Fsp3) is 0.308. The van der Waals surface area contributed by atoms with Crippen molar-refractivity contribution in [2.24, 2.45) is 0 Å². The Morgan fingerprint density at radius 3 is 2.64 bits per heavy atom. The SMILES string of the molecule is CC(C)=CCNC(=O)Nc1c(OCCCn2cnc(-c3ccccc3)c2)cccc1N(C)C. The molecular weight excluding hydrogens is 414 g/mol. The molecule has 2 amide bonds. The van der Waals surface area contributed by atoms with Crippen LogP contribution in [0.4, 0.5) is 16.2 Å². The Morgan fingerprint density at radius 1 is 1.12 bits per heavy atom. The molecule has 3 aromatic rings. The van der Waals surface area contributed by atoms with E-state index >= 15 is 0 Å². The minimum absolute atomic E-state index is 0.265. The second kappa shape index (κ2) is 11.8. The van der Waals surface area contributed by atoms with Gasteiger partial charge in [0.05, 0.1) is 24.3 Å². The summed E-state index contributed by atoms with van der Waals surface area (Å²) in [6, 6.07) is 15.6. The molecule has 7 heteroatoms. The van der Waals surface area contributed by atoms with Crippen LogP contribution in [0, 0.1) is 0 Å². The number of anilines is 2. The lowest BCUT2D eigenvalue weighted by Gasteiger charge is -2.21. The molecule has 0 fully saturated rings. The fourth-order valence-corrected chi connectivity index (χ4v) is 3.31. The zero-order chi connectivity index (χ0) is 23.6. The zero-order valence-corrected chi connectivity index (χ0v) is 19.8. The molecule has 0 radical (unpaired) electrons. The standard InChI is InChI=1S/C26H33N5O2/c1-20(2)14-15-27-26(32)29-25-23(30(3)4)12-8-13-24(25)33-17-9-16-31-18-22(28-19-31)21-10-6-5-7-11-21/h5-8,10-14,18-19H,9,15-17H2,1-4H3,(H2,27,29,32). The molecule has 0 saturated carbocycles. The summed E-state index contributed by atoms with van der Waals surface area (Å²) < 4.78 is 8.14. The highest BCUT2D eigenvalue weighted by atomic mass is 16.5. The van der Waals surface area contributed by atoms with Crippen LogP contribution in [0.5, 0.6) is 5.75 Å². The summed E-state index contributed by atoms with van der Waals surface area (Å²) in [5.41, 5.74) is 4.76. The van der Waals surface area contributed by atoms with Crippen LogP contribution in [-0.4, -0.2) is 42.8 Å². The number of aryl methyl sites for hydroxylation is 1. The molecule has 0 saturated heterocycles. The van der Waals surface area contributed by atoms with Crippen molar-refractivity contribution in [1.29, 1.82) is 0 Å². The number of aromatic nitrogens is 2. The van der Waals surface area contributed by atoms with Gasteiger partial charge in [-0.25, -0.2) is 9.78 Å². The molecule has 0 spiro atoms. The van der Waals surface area contributed by atoms with E-state index in [1.165, 1.54) is 0 Å². The molecule has 0 atom stereocenters. The Bertz CT molecular complexity index is 1070. The molecule has 174 valence electrons. The van der Waals surface area contributed by atoms with Gasteiger partial charge in [-0.1, -0.05) is 48.0 Å². The number of benzene rings is 2. The van der Waals surface area contributed by atoms with E-state index in [0.717, 1.165) is 35.5 Å². The maximum Gasteiger partial charge on any atom is 0.319 e. The number of hydrogen-bond acceptors (Lipinski definition) is 4. The molecule has 0 aliphatic carbocycles. The van der Waals surface area contributed by atoms with E-state index in [4.69, 9.17) is 4.74 Å². The highest BCUT2D eigenvalue weighted by Crippen LogP contribution is 2.34. The van der Waals surface area contributed by atoms with Crippen LogP contribution in [0.1, 0.15) is 20.3 Å². The highest BCUT2D eigenvalue weighted by molar-refractivity contribution is 5.95. The van der Waals surface area contributed by atoms with Crippen molar-refractivity contribution in [1.82, 2.24) is 14.9 Å². The number of rotatable bonds is 10.